The van der Waals surface area contributed by atoms with Gasteiger partial charge < -0.3 is 20.1 Å². The summed E-state index contributed by atoms with van der Waals surface area (Å²) in [6.45, 7) is 13.6. The summed E-state index contributed by atoms with van der Waals surface area (Å²) in [4.78, 5) is 16.1. The Morgan fingerprint density at radius 1 is 1.38 bits per heavy atom. The van der Waals surface area contributed by atoms with E-state index in [0.29, 0.717) is 19.6 Å². The van der Waals surface area contributed by atoms with Crippen LogP contribution in [0.4, 0.5) is 4.79 Å². The summed E-state index contributed by atoms with van der Waals surface area (Å²) in [6.07, 6.45) is 0.426. The Balaban J connectivity index is 2.53. The molecule has 2 unspecified atom stereocenters. The maximum atomic E-state index is 12.1. The fraction of sp³-hybridized carbons (Fsp3) is 0.933. The van der Waals surface area contributed by atoms with Gasteiger partial charge in [-0.2, -0.15) is 0 Å². The highest BCUT2D eigenvalue weighted by Gasteiger charge is 2.33. The normalized spacial score (nSPS) is 23.9. The predicted octanol–water partition coefficient (Wildman–Crippen LogP) is 0.898. The molecule has 124 valence electrons. The summed E-state index contributed by atoms with van der Waals surface area (Å²) in [5.74, 6) is 0. The molecule has 0 aromatic carbocycles. The minimum Gasteiger partial charge on any atom is -0.395 e. The highest BCUT2D eigenvalue weighted by Crippen LogP contribution is 2.20. The first-order chi connectivity index (χ1) is 9.80. The average Bonchev–Trinajstić information content (AvgIpc) is 2.41. The lowest BCUT2D eigenvalue weighted by Gasteiger charge is -2.45. The van der Waals surface area contributed by atoms with Crippen molar-refractivity contribution in [1.82, 2.24) is 15.1 Å². The molecule has 6 nitrogen and oxygen atoms in total. The van der Waals surface area contributed by atoms with Crippen LogP contribution in [0.15, 0.2) is 0 Å². The number of ether oxygens (including phenoxy) is 1. The zero-order chi connectivity index (χ0) is 16.0. The zero-order valence-electron chi connectivity index (χ0n) is 14.1. The number of hydrogen-bond donors (Lipinski definition) is 2. The van der Waals surface area contributed by atoms with Gasteiger partial charge in [0.25, 0.3) is 0 Å². The van der Waals surface area contributed by atoms with Crippen molar-refractivity contribution in [3.05, 3.63) is 0 Å². The summed E-state index contributed by atoms with van der Waals surface area (Å²) in [5, 5.41) is 11.9. The molecule has 0 aromatic heterocycles. The van der Waals surface area contributed by atoms with Gasteiger partial charge in [-0.3, -0.25) is 4.90 Å². The van der Waals surface area contributed by atoms with E-state index in [1.807, 2.05) is 6.92 Å². The first kappa shape index (κ1) is 18.2. The third kappa shape index (κ3) is 5.45. The number of hydrogen-bond acceptors (Lipinski definition) is 4. The third-order valence-electron chi connectivity index (χ3n) is 3.99. The van der Waals surface area contributed by atoms with E-state index in [0.717, 1.165) is 13.1 Å². The number of likely N-dealkylation sites (N-methyl/N-ethyl adjacent to an activating group) is 1. The van der Waals surface area contributed by atoms with E-state index in [1.54, 1.807) is 4.90 Å². The predicted molar refractivity (Wildman–Crippen MR) is 83.4 cm³/mol. The van der Waals surface area contributed by atoms with Crippen LogP contribution in [0.3, 0.4) is 0 Å². The van der Waals surface area contributed by atoms with Crippen molar-refractivity contribution in [2.24, 2.45) is 0 Å². The van der Waals surface area contributed by atoms with Crippen LogP contribution in [0.25, 0.3) is 0 Å². The summed E-state index contributed by atoms with van der Waals surface area (Å²) in [7, 11) is 0. The molecule has 0 aromatic rings. The van der Waals surface area contributed by atoms with E-state index >= 15 is 0 Å². The van der Waals surface area contributed by atoms with Gasteiger partial charge in [0.2, 0.25) is 0 Å². The summed E-state index contributed by atoms with van der Waals surface area (Å²) in [5.41, 5.74) is -0.124. The standard InChI is InChI=1S/C15H31N3O3/c1-6-17(7-8-19)14(20)16-11-15(4,5)18-9-12(2)21-13(3)10-18/h12-13,19H,6-11H2,1-5H3,(H,16,20). The number of urea groups is 1. The van der Waals surface area contributed by atoms with Crippen LogP contribution in [0.2, 0.25) is 0 Å². The molecule has 2 atom stereocenters. The topological polar surface area (TPSA) is 65.0 Å². The molecular weight excluding hydrogens is 270 g/mol. The Labute approximate surface area is 128 Å². The minimum atomic E-state index is -0.124. The van der Waals surface area contributed by atoms with Gasteiger partial charge >= 0.3 is 6.03 Å². The van der Waals surface area contributed by atoms with E-state index in [9.17, 15) is 4.79 Å². The number of rotatable bonds is 6. The molecule has 2 amide bonds. The molecule has 1 aliphatic heterocycles. The number of aliphatic hydroxyl groups is 1. The summed E-state index contributed by atoms with van der Waals surface area (Å²) in [6, 6.07) is -0.117. The molecule has 1 rings (SSSR count). The number of carbonyl (C=O) groups is 1. The van der Waals surface area contributed by atoms with Gasteiger partial charge in [0.05, 0.1) is 18.8 Å². The summed E-state index contributed by atoms with van der Waals surface area (Å²) < 4.78 is 5.76. The van der Waals surface area contributed by atoms with Crippen molar-refractivity contribution < 1.29 is 14.6 Å². The molecule has 0 radical (unpaired) electrons. The molecule has 1 fully saturated rings. The molecule has 21 heavy (non-hydrogen) atoms. The Hall–Kier alpha value is -0.850. The Bertz CT molecular complexity index is 326. The second kappa shape index (κ2) is 7.96. The number of carbonyl (C=O) groups excluding carboxylic acids is 1. The number of amides is 2. The van der Waals surface area contributed by atoms with Crippen LogP contribution in [0, 0.1) is 0 Å². The summed E-state index contributed by atoms with van der Waals surface area (Å²) >= 11 is 0. The molecule has 0 bridgehead atoms. The molecule has 1 aliphatic rings. The van der Waals surface area contributed by atoms with Crippen molar-refractivity contribution in [3.8, 4) is 0 Å². The van der Waals surface area contributed by atoms with Gasteiger partial charge in [-0.05, 0) is 34.6 Å². The van der Waals surface area contributed by atoms with Crippen molar-refractivity contribution in [3.63, 3.8) is 0 Å². The number of nitrogens with one attached hydrogen (secondary N) is 1. The molecule has 1 heterocycles. The van der Waals surface area contributed by atoms with Crippen LogP contribution in [0.1, 0.15) is 34.6 Å². The number of nitrogens with zero attached hydrogens (tertiary/aromatic N) is 2. The van der Waals surface area contributed by atoms with Crippen molar-refractivity contribution >= 4 is 6.03 Å². The van der Waals surface area contributed by atoms with Gasteiger partial charge in [-0.15, -0.1) is 0 Å². The lowest BCUT2D eigenvalue weighted by atomic mass is 10.00. The van der Waals surface area contributed by atoms with Gasteiger partial charge in [-0.1, -0.05) is 0 Å². The van der Waals surface area contributed by atoms with Crippen molar-refractivity contribution in [2.45, 2.75) is 52.4 Å². The van der Waals surface area contributed by atoms with Crippen LogP contribution < -0.4 is 5.32 Å². The SMILES string of the molecule is CCN(CCO)C(=O)NCC(C)(C)N1CC(C)OC(C)C1. The lowest BCUT2D eigenvalue weighted by Crippen LogP contribution is -2.59. The van der Waals surface area contributed by atoms with Crippen LogP contribution in [-0.4, -0.2) is 78.0 Å². The van der Waals surface area contributed by atoms with Crippen LogP contribution >= 0.6 is 0 Å². The van der Waals surface area contributed by atoms with Gasteiger partial charge in [0.1, 0.15) is 0 Å². The fourth-order valence-corrected chi connectivity index (χ4v) is 2.71. The maximum absolute atomic E-state index is 12.1. The van der Waals surface area contributed by atoms with E-state index in [4.69, 9.17) is 9.84 Å². The van der Waals surface area contributed by atoms with Gasteiger partial charge in [0, 0.05) is 38.3 Å². The Kier molecular flexibility index (Phi) is 6.90. The molecule has 0 aliphatic carbocycles. The molecule has 0 spiro atoms. The second-order valence-electron chi connectivity index (χ2n) is 6.44. The van der Waals surface area contributed by atoms with Gasteiger partial charge in [-0.25, -0.2) is 4.79 Å². The Morgan fingerprint density at radius 3 is 2.43 bits per heavy atom. The van der Waals surface area contributed by atoms with Crippen molar-refractivity contribution in [1.29, 1.82) is 0 Å². The monoisotopic (exact) mass is 301 g/mol. The fourth-order valence-electron chi connectivity index (χ4n) is 2.71. The molecule has 1 saturated heterocycles. The lowest BCUT2D eigenvalue weighted by molar-refractivity contribution is -0.0948. The first-order valence-electron chi connectivity index (χ1n) is 7.84. The average molecular weight is 301 g/mol. The quantitative estimate of drug-likeness (QED) is 0.765. The van der Waals surface area contributed by atoms with E-state index in [2.05, 4.69) is 37.9 Å². The highest BCUT2D eigenvalue weighted by molar-refractivity contribution is 5.74. The van der Waals surface area contributed by atoms with Crippen LogP contribution in [0.5, 0.6) is 0 Å². The maximum Gasteiger partial charge on any atom is 0.317 e. The van der Waals surface area contributed by atoms with E-state index in [1.165, 1.54) is 0 Å². The largest absolute Gasteiger partial charge is 0.395 e. The zero-order valence-corrected chi connectivity index (χ0v) is 14.1. The molecule has 6 heteroatoms. The smallest absolute Gasteiger partial charge is 0.317 e. The minimum absolute atomic E-state index is 0.0108. The third-order valence-corrected chi connectivity index (χ3v) is 3.99. The number of morpholine rings is 1. The molecular formula is C15H31N3O3. The van der Waals surface area contributed by atoms with Crippen LogP contribution in [-0.2, 0) is 4.74 Å². The Morgan fingerprint density at radius 2 is 1.95 bits per heavy atom. The van der Waals surface area contributed by atoms with E-state index in [-0.39, 0.29) is 30.4 Å². The molecule has 0 saturated carbocycles. The van der Waals surface area contributed by atoms with Crippen molar-refractivity contribution in [2.75, 3.05) is 39.3 Å². The highest BCUT2D eigenvalue weighted by atomic mass is 16.5. The van der Waals surface area contributed by atoms with Gasteiger partial charge in [0.15, 0.2) is 0 Å². The van der Waals surface area contributed by atoms with E-state index < -0.39 is 0 Å². The second-order valence-corrected chi connectivity index (χ2v) is 6.44. The first-order valence-corrected chi connectivity index (χ1v) is 7.84. The molecule has 2 N–H and O–H groups in total. The number of aliphatic hydroxyl groups excluding tert-OH is 1.